The lowest BCUT2D eigenvalue weighted by Crippen LogP contribution is -2.15. The molecule has 6 heteroatoms. The Bertz CT molecular complexity index is 856. The second kappa shape index (κ2) is 4.31. The first-order chi connectivity index (χ1) is 10.3. The third-order valence-corrected chi connectivity index (χ3v) is 3.69. The molecule has 0 saturated carbocycles. The van der Waals surface area contributed by atoms with E-state index in [1.807, 2.05) is 24.3 Å². The summed E-state index contributed by atoms with van der Waals surface area (Å²) in [6, 6.07) is 12.5. The third-order valence-electron chi connectivity index (χ3n) is 3.69. The van der Waals surface area contributed by atoms with E-state index in [4.69, 9.17) is 4.74 Å². The lowest BCUT2D eigenvalue weighted by Gasteiger charge is -2.11. The highest BCUT2D eigenvalue weighted by Crippen LogP contribution is 2.35. The smallest absolute Gasteiger partial charge is 0.337 e. The summed E-state index contributed by atoms with van der Waals surface area (Å²) in [6.45, 7) is 0.422. The van der Waals surface area contributed by atoms with Crippen molar-refractivity contribution >= 4 is 17.0 Å². The topological polar surface area (TPSA) is 77.2 Å². The van der Waals surface area contributed by atoms with Gasteiger partial charge in [0, 0.05) is 5.56 Å². The Morgan fingerprint density at radius 1 is 1.24 bits per heavy atom. The molecule has 0 fully saturated rings. The molecule has 0 bridgehead atoms. The molecule has 1 N–H and O–H groups in total. The first-order valence-corrected chi connectivity index (χ1v) is 6.54. The van der Waals surface area contributed by atoms with E-state index in [9.17, 15) is 9.90 Å². The van der Waals surface area contributed by atoms with E-state index in [-0.39, 0.29) is 11.6 Å². The maximum absolute atomic E-state index is 11.4. The molecular weight excluding hydrogens is 270 g/mol. The monoisotopic (exact) mass is 281 g/mol. The molecule has 2 aromatic carbocycles. The molecular formula is C15H11N3O3. The van der Waals surface area contributed by atoms with E-state index in [0.29, 0.717) is 17.6 Å². The second-order valence-corrected chi connectivity index (χ2v) is 4.88. The number of hydrogen-bond donors (Lipinski definition) is 1. The van der Waals surface area contributed by atoms with Crippen molar-refractivity contribution in [2.75, 3.05) is 6.61 Å². The Kier molecular flexibility index (Phi) is 2.44. The van der Waals surface area contributed by atoms with Crippen LogP contribution in [0.4, 0.5) is 0 Å². The van der Waals surface area contributed by atoms with Crippen LogP contribution >= 0.6 is 0 Å². The number of fused-ring (bicyclic) bond motifs is 2. The average Bonchev–Trinajstić information content (AvgIpc) is 3.09. The fourth-order valence-corrected chi connectivity index (χ4v) is 2.73. The Labute approximate surface area is 119 Å². The number of benzene rings is 2. The molecule has 1 aliphatic rings. The summed E-state index contributed by atoms with van der Waals surface area (Å²) >= 11 is 0. The number of aromatic carboxylic acids is 1. The van der Waals surface area contributed by atoms with E-state index in [1.165, 1.54) is 0 Å². The minimum atomic E-state index is -0.989. The van der Waals surface area contributed by atoms with Gasteiger partial charge in [-0.1, -0.05) is 29.5 Å². The van der Waals surface area contributed by atoms with Gasteiger partial charge in [-0.2, -0.15) is 0 Å². The number of carboxylic acids is 1. The van der Waals surface area contributed by atoms with E-state index in [2.05, 4.69) is 10.3 Å². The van der Waals surface area contributed by atoms with Gasteiger partial charge < -0.3 is 9.84 Å². The first-order valence-electron chi connectivity index (χ1n) is 6.54. The van der Waals surface area contributed by atoms with Crippen molar-refractivity contribution in [1.29, 1.82) is 0 Å². The number of nitrogens with zero attached hydrogens (tertiary/aromatic N) is 3. The number of carbonyl (C=O) groups is 1. The number of carboxylic acid groups (broad SMARTS) is 1. The second-order valence-electron chi connectivity index (χ2n) is 4.88. The summed E-state index contributed by atoms with van der Waals surface area (Å²) in [5, 5.41) is 17.6. The van der Waals surface area contributed by atoms with Crippen molar-refractivity contribution < 1.29 is 14.6 Å². The van der Waals surface area contributed by atoms with Crippen molar-refractivity contribution in [3.63, 3.8) is 0 Å². The van der Waals surface area contributed by atoms with Crippen LogP contribution in [0.15, 0.2) is 42.5 Å². The Hall–Kier alpha value is -2.89. The minimum absolute atomic E-state index is 0.160. The summed E-state index contributed by atoms with van der Waals surface area (Å²) in [5.74, 6) is -0.185. The standard InChI is InChI=1S/C15H11N3O3/c19-15(20)10-5-3-6-11-14(10)18(17-16-11)12-8-21-13-7-2-1-4-9(12)13/h1-7,12H,8H2,(H,19,20). The van der Waals surface area contributed by atoms with Gasteiger partial charge >= 0.3 is 5.97 Å². The Morgan fingerprint density at radius 3 is 2.95 bits per heavy atom. The largest absolute Gasteiger partial charge is 0.491 e. The van der Waals surface area contributed by atoms with Gasteiger partial charge in [0.15, 0.2) is 0 Å². The van der Waals surface area contributed by atoms with E-state index >= 15 is 0 Å². The summed E-state index contributed by atoms with van der Waals surface area (Å²) in [7, 11) is 0. The molecule has 0 amide bonds. The van der Waals surface area contributed by atoms with Gasteiger partial charge in [0.2, 0.25) is 0 Å². The quantitative estimate of drug-likeness (QED) is 0.778. The van der Waals surface area contributed by atoms with Crippen molar-refractivity contribution in [2.24, 2.45) is 0 Å². The zero-order chi connectivity index (χ0) is 14.4. The molecule has 0 radical (unpaired) electrons. The molecule has 2 heterocycles. The minimum Gasteiger partial charge on any atom is -0.491 e. The molecule has 1 aliphatic heterocycles. The molecule has 3 aromatic rings. The van der Waals surface area contributed by atoms with E-state index in [1.54, 1.807) is 22.9 Å². The molecule has 21 heavy (non-hydrogen) atoms. The van der Waals surface area contributed by atoms with E-state index < -0.39 is 5.97 Å². The van der Waals surface area contributed by atoms with Crippen LogP contribution in [0.25, 0.3) is 11.0 Å². The van der Waals surface area contributed by atoms with Gasteiger partial charge in [0.1, 0.15) is 29.4 Å². The number of para-hydroxylation sites is 2. The zero-order valence-corrected chi connectivity index (χ0v) is 10.9. The summed E-state index contributed by atoms with van der Waals surface area (Å²) in [5.41, 5.74) is 2.28. The molecule has 1 atom stereocenters. The van der Waals surface area contributed by atoms with Crippen molar-refractivity contribution in [3.8, 4) is 5.75 Å². The van der Waals surface area contributed by atoms with Crippen LogP contribution in [0, 0.1) is 0 Å². The highest BCUT2D eigenvalue weighted by atomic mass is 16.5. The summed E-state index contributed by atoms with van der Waals surface area (Å²) in [4.78, 5) is 11.4. The molecule has 1 unspecified atom stereocenters. The van der Waals surface area contributed by atoms with Crippen molar-refractivity contribution in [2.45, 2.75) is 6.04 Å². The fourth-order valence-electron chi connectivity index (χ4n) is 2.73. The summed E-state index contributed by atoms with van der Waals surface area (Å²) in [6.07, 6.45) is 0. The summed E-state index contributed by atoms with van der Waals surface area (Å²) < 4.78 is 7.29. The van der Waals surface area contributed by atoms with Crippen molar-refractivity contribution in [3.05, 3.63) is 53.6 Å². The van der Waals surface area contributed by atoms with Crippen LogP contribution in [0.5, 0.6) is 5.75 Å². The molecule has 0 aliphatic carbocycles. The van der Waals surface area contributed by atoms with Gasteiger partial charge in [-0.15, -0.1) is 5.10 Å². The van der Waals surface area contributed by atoms with Crippen LogP contribution in [0.1, 0.15) is 22.0 Å². The van der Waals surface area contributed by atoms with Gasteiger partial charge in [-0.3, -0.25) is 0 Å². The van der Waals surface area contributed by atoms with Gasteiger partial charge in [-0.05, 0) is 18.2 Å². The number of rotatable bonds is 2. The van der Waals surface area contributed by atoms with Crippen LogP contribution in [-0.2, 0) is 0 Å². The van der Waals surface area contributed by atoms with Gasteiger partial charge in [0.05, 0.1) is 5.56 Å². The van der Waals surface area contributed by atoms with Gasteiger partial charge in [0.25, 0.3) is 0 Å². The first kappa shape index (κ1) is 11.9. The van der Waals surface area contributed by atoms with Gasteiger partial charge in [-0.25, -0.2) is 9.48 Å². The normalized spacial score (nSPS) is 16.7. The fraction of sp³-hybridized carbons (Fsp3) is 0.133. The molecule has 0 spiro atoms. The predicted molar refractivity (Wildman–Crippen MR) is 74.6 cm³/mol. The Balaban J connectivity index is 1.95. The highest BCUT2D eigenvalue weighted by molar-refractivity contribution is 6.00. The average molecular weight is 281 g/mol. The van der Waals surface area contributed by atoms with Crippen LogP contribution in [0.2, 0.25) is 0 Å². The number of ether oxygens (including phenoxy) is 1. The lowest BCUT2D eigenvalue weighted by atomic mass is 10.1. The molecule has 0 saturated heterocycles. The SMILES string of the molecule is O=C(O)c1cccc2nnn(C3COc4ccccc43)c12. The molecule has 1 aromatic heterocycles. The molecule has 104 valence electrons. The Morgan fingerprint density at radius 2 is 2.10 bits per heavy atom. The van der Waals surface area contributed by atoms with Crippen LogP contribution < -0.4 is 4.74 Å². The molecule has 4 rings (SSSR count). The highest BCUT2D eigenvalue weighted by Gasteiger charge is 2.29. The van der Waals surface area contributed by atoms with Crippen LogP contribution in [-0.4, -0.2) is 32.7 Å². The van der Waals surface area contributed by atoms with E-state index in [0.717, 1.165) is 11.3 Å². The zero-order valence-electron chi connectivity index (χ0n) is 10.9. The maximum atomic E-state index is 11.4. The number of hydrogen-bond acceptors (Lipinski definition) is 4. The third kappa shape index (κ3) is 1.69. The number of aromatic nitrogens is 3. The lowest BCUT2D eigenvalue weighted by molar-refractivity contribution is 0.0698. The van der Waals surface area contributed by atoms with Crippen LogP contribution in [0.3, 0.4) is 0 Å². The van der Waals surface area contributed by atoms with Crippen molar-refractivity contribution in [1.82, 2.24) is 15.0 Å². The molecule has 6 nitrogen and oxygen atoms in total. The predicted octanol–water partition coefficient (Wildman–Crippen LogP) is 2.11. The maximum Gasteiger partial charge on any atom is 0.337 e.